The molecular weight excluding hydrogens is 270 g/mol. The summed E-state index contributed by atoms with van der Waals surface area (Å²) in [6, 6.07) is 8.33. The molecule has 0 aliphatic carbocycles. The summed E-state index contributed by atoms with van der Waals surface area (Å²) in [7, 11) is 0. The Balaban J connectivity index is 1.67. The van der Waals surface area contributed by atoms with Crippen LogP contribution in [-0.2, 0) is 4.79 Å². The molecule has 1 aromatic carbocycles. The van der Waals surface area contributed by atoms with E-state index in [1.54, 1.807) is 11.0 Å². The van der Waals surface area contributed by atoms with E-state index in [2.05, 4.69) is 39.5 Å². The molecule has 1 N–H and O–H groups in total. The number of carboxylic acid groups (broad SMARTS) is 1. The van der Waals surface area contributed by atoms with Gasteiger partial charge in [0.05, 0.1) is 12.1 Å². The number of aromatic nitrogens is 4. The highest BCUT2D eigenvalue weighted by atomic mass is 16.4. The van der Waals surface area contributed by atoms with Gasteiger partial charge in [0, 0.05) is 19.1 Å². The lowest BCUT2D eigenvalue weighted by molar-refractivity contribution is -0.139. The van der Waals surface area contributed by atoms with Crippen molar-refractivity contribution in [2.24, 2.45) is 5.92 Å². The molecule has 1 fully saturated rings. The van der Waals surface area contributed by atoms with Crippen molar-refractivity contribution in [3.63, 3.8) is 0 Å². The summed E-state index contributed by atoms with van der Waals surface area (Å²) in [5.41, 5.74) is 2.10. The van der Waals surface area contributed by atoms with Crippen LogP contribution in [0.25, 0.3) is 5.69 Å². The van der Waals surface area contributed by atoms with Gasteiger partial charge in [0.2, 0.25) is 0 Å². The van der Waals surface area contributed by atoms with Gasteiger partial charge in [-0.3, -0.25) is 9.69 Å². The molecule has 21 heavy (non-hydrogen) atoms. The van der Waals surface area contributed by atoms with Crippen LogP contribution in [-0.4, -0.2) is 49.3 Å². The van der Waals surface area contributed by atoms with Crippen molar-refractivity contribution in [2.75, 3.05) is 13.1 Å². The number of likely N-dealkylation sites (tertiary alicyclic amines) is 1. The van der Waals surface area contributed by atoms with Crippen molar-refractivity contribution >= 4 is 5.97 Å². The second kappa shape index (κ2) is 5.61. The maximum Gasteiger partial charge on any atom is 0.303 e. The monoisotopic (exact) mass is 287 g/mol. The van der Waals surface area contributed by atoms with Crippen LogP contribution < -0.4 is 0 Å². The van der Waals surface area contributed by atoms with Gasteiger partial charge in [-0.15, -0.1) is 5.10 Å². The lowest BCUT2D eigenvalue weighted by Crippen LogP contribution is -2.48. The summed E-state index contributed by atoms with van der Waals surface area (Å²) in [5.74, 6) is -0.444. The Kier molecular flexibility index (Phi) is 3.66. The first-order valence-corrected chi connectivity index (χ1v) is 6.92. The van der Waals surface area contributed by atoms with Crippen molar-refractivity contribution in [3.8, 4) is 5.69 Å². The van der Waals surface area contributed by atoms with E-state index in [-0.39, 0.29) is 18.4 Å². The standard InChI is InChI=1S/C14H17N5O2/c1-10(18-7-11(8-18)5-14(20)21)12-3-2-4-13(6-12)19-9-15-16-17-19/h2-4,6,9-11H,5,7-8H2,1H3,(H,20,21). The molecule has 2 heterocycles. The Hall–Kier alpha value is -2.28. The zero-order valence-electron chi connectivity index (χ0n) is 11.8. The molecule has 7 heteroatoms. The van der Waals surface area contributed by atoms with Crippen molar-refractivity contribution < 1.29 is 9.90 Å². The summed E-state index contributed by atoms with van der Waals surface area (Å²) in [6.45, 7) is 3.81. The number of carbonyl (C=O) groups is 1. The van der Waals surface area contributed by atoms with E-state index in [4.69, 9.17) is 5.11 Å². The van der Waals surface area contributed by atoms with Crippen molar-refractivity contribution in [3.05, 3.63) is 36.2 Å². The molecule has 0 spiro atoms. The fourth-order valence-corrected chi connectivity index (χ4v) is 2.72. The fraction of sp³-hybridized carbons (Fsp3) is 0.429. The average molecular weight is 287 g/mol. The minimum Gasteiger partial charge on any atom is -0.481 e. The third-order valence-corrected chi connectivity index (χ3v) is 3.96. The number of hydrogen-bond acceptors (Lipinski definition) is 5. The Morgan fingerprint density at radius 1 is 1.48 bits per heavy atom. The molecule has 3 rings (SSSR count). The van der Waals surface area contributed by atoms with E-state index in [1.165, 1.54) is 5.56 Å². The SMILES string of the molecule is CC(c1cccc(-n2cnnn2)c1)N1CC(CC(=O)O)C1. The molecule has 0 amide bonds. The zero-order valence-corrected chi connectivity index (χ0v) is 11.8. The average Bonchev–Trinajstić information content (AvgIpc) is 2.96. The highest BCUT2D eigenvalue weighted by Crippen LogP contribution is 2.30. The Morgan fingerprint density at radius 2 is 2.29 bits per heavy atom. The quantitative estimate of drug-likeness (QED) is 0.887. The van der Waals surface area contributed by atoms with Crippen LogP contribution in [0.3, 0.4) is 0 Å². The Labute approximate surface area is 122 Å². The van der Waals surface area contributed by atoms with Gasteiger partial charge >= 0.3 is 5.97 Å². The van der Waals surface area contributed by atoms with Gasteiger partial charge in [-0.05, 0) is 41.0 Å². The second-order valence-corrected chi connectivity index (χ2v) is 5.44. The number of tetrazole rings is 1. The van der Waals surface area contributed by atoms with Gasteiger partial charge in [-0.1, -0.05) is 12.1 Å². The third-order valence-electron chi connectivity index (χ3n) is 3.96. The van der Waals surface area contributed by atoms with Crippen LogP contribution in [0.2, 0.25) is 0 Å². The number of hydrogen-bond donors (Lipinski definition) is 1. The number of rotatable bonds is 5. The van der Waals surface area contributed by atoms with Crippen LogP contribution in [0.1, 0.15) is 24.9 Å². The zero-order chi connectivity index (χ0) is 14.8. The topological polar surface area (TPSA) is 84.1 Å². The molecule has 1 unspecified atom stereocenters. The van der Waals surface area contributed by atoms with E-state index in [1.807, 2.05) is 12.1 Å². The van der Waals surface area contributed by atoms with Crippen molar-refractivity contribution in [1.29, 1.82) is 0 Å². The first kappa shape index (κ1) is 13.7. The summed E-state index contributed by atoms with van der Waals surface area (Å²) in [4.78, 5) is 13.0. The first-order valence-electron chi connectivity index (χ1n) is 6.92. The molecule has 7 nitrogen and oxygen atoms in total. The largest absolute Gasteiger partial charge is 0.481 e. The van der Waals surface area contributed by atoms with Gasteiger partial charge in [0.1, 0.15) is 6.33 Å². The smallest absolute Gasteiger partial charge is 0.303 e. The lowest BCUT2D eigenvalue weighted by Gasteiger charge is -2.43. The summed E-state index contributed by atoms with van der Waals surface area (Å²) in [5, 5.41) is 20.0. The summed E-state index contributed by atoms with van der Waals surface area (Å²) >= 11 is 0. The van der Waals surface area contributed by atoms with E-state index in [0.717, 1.165) is 18.8 Å². The number of aliphatic carboxylic acids is 1. The Morgan fingerprint density at radius 3 is 2.95 bits per heavy atom. The van der Waals surface area contributed by atoms with Crippen LogP contribution in [0.5, 0.6) is 0 Å². The number of benzene rings is 1. The van der Waals surface area contributed by atoms with Crippen molar-refractivity contribution in [1.82, 2.24) is 25.1 Å². The highest BCUT2D eigenvalue weighted by molar-refractivity contribution is 5.67. The van der Waals surface area contributed by atoms with E-state index in [0.29, 0.717) is 0 Å². The number of carboxylic acids is 1. The third kappa shape index (κ3) is 2.92. The molecule has 1 saturated heterocycles. The number of nitrogens with zero attached hydrogens (tertiary/aromatic N) is 5. The molecule has 110 valence electrons. The van der Waals surface area contributed by atoms with E-state index >= 15 is 0 Å². The molecule has 0 saturated carbocycles. The molecule has 0 bridgehead atoms. The molecule has 1 aliphatic rings. The molecular formula is C14H17N5O2. The first-order chi connectivity index (χ1) is 10.1. The summed E-state index contributed by atoms with van der Waals surface area (Å²) in [6.07, 6.45) is 1.82. The van der Waals surface area contributed by atoms with Crippen LogP contribution >= 0.6 is 0 Å². The highest BCUT2D eigenvalue weighted by Gasteiger charge is 2.32. The minimum absolute atomic E-state index is 0.256. The molecule has 1 aromatic heterocycles. The van der Waals surface area contributed by atoms with Gasteiger partial charge in [-0.25, -0.2) is 4.68 Å². The van der Waals surface area contributed by atoms with Gasteiger partial charge < -0.3 is 5.11 Å². The maximum atomic E-state index is 10.7. The summed E-state index contributed by atoms with van der Waals surface area (Å²) < 4.78 is 1.62. The lowest BCUT2D eigenvalue weighted by atomic mass is 9.92. The molecule has 2 aromatic rings. The maximum absolute atomic E-state index is 10.7. The second-order valence-electron chi connectivity index (χ2n) is 5.44. The van der Waals surface area contributed by atoms with E-state index in [9.17, 15) is 4.79 Å². The van der Waals surface area contributed by atoms with E-state index < -0.39 is 5.97 Å². The molecule has 0 radical (unpaired) electrons. The molecule has 1 atom stereocenters. The van der Waals surface area contributed by atoms with Gasteiger partial charge in [0.25, 0.3) is 0 Å². The van der Waals surface area contributed by atoms with Crippen molar-refractivity contribution in [2.45, 2.75) is 19.4 Å². The molecule has 1 aliphatic heterocycles. The van der Waals surface area contributed by atoms with Crippen LogP contribution in [0, 0.1) is 5.92 Å². The van der Waals surface area contributed by atoms with Crippen LogP contribution in [0.15, 0.2) is 30.6 Å². The van der Waals surface area contributed by atoms with Crippen LogP contribution in [0.4, 0.5) is 0 Å². The predicted octanol–water partition coefficient (Wildman–Crippen LogP) is 1.13. The minimum atomic E-state index is -0.715. The Bertz CT molecular complexity index is 622. The predicted molar refractivity (Wildman–Crippen MR) is 74.9 cm³/mol. The normalized spacial score (nSPS) is 17.4. The van der Waals surface area contributed by atoms with Gasteiger partial charge in [0.15, 0.2) is 0 Å². The fourth-order valence-electron chi connectivity index (χ4n) is 2.72. The van der Waals surface area contributed by atoms with Gasteiger partial charge in [-0.2, -0.15) is 0 Å².